The molecule has 2 aliphatic rings. The van der Waals surface area contributed by atoms with Crippen LogP contribution < -0.4 is 4.74 Å². The molecule has 2 atom stereocenters. The summed E-state index contributed by atoms with van der Waals surface area (Å²) in [6.07, 6.45) is 1.93. The van der Waals surface area contributed by atoms with Gasteiger partial charge >= 0.3 is 0 Å². The Balaban J connectivity index is 1.64. The molecule has 2 aromatic carbocycles. The van der Waals surface area contributed by atoms with Gasteiger partial charge in [0.2, 0.25) is 15.9 Å². The molecular formula is C22H25FN2O4S. The first kappa shape index (κ1) is 20.8. The van der Waals surface area contributed by atoms with E-state index in [0.29, 0.717) is 18.8 Å². The topological polar surface area (TPSA) is 66.9 Å². The third kappa shape index (κ3) is 3.94. The molecule has 2 heterocycles. The Morgan fingerprint density at radius 1 is 1.00 bits per heavy atom. The van der Waals surface area contributed by atoms with Crippen LogP contribution in [0.25, 0.3) is 0 Å². The number of ether oxygens (including phenoxy) is 1. The number of nitrogens with zero attached hydrogens (tertiary/aromatic N) is 2. The smallest absolute Gasteiger partial charge is 0.243 e. The van der Waals surface area contributed by atoms with Crippen LogP contribution in [0.15, 0.2) is 53.4 Å². The second-order valence-corrected chi connectivity index (χ2v) is 9.73. The zero-order chi connectivity index (χ0) is 21.3. The van der Waals surface area contributed by atoms with Gasteiger partial charge in [0, 0.05) is 32.1 Å². The van der Waals surface area contributed by atoms with Gasteiger partial charge in [0.1, 0.15) is 11.6 Å². The molecule has 0 spiro atoms. The van der Waals surface area contributed by atoms with Crippen molar-refractivity contribution in [2.24, 2.45) is 5.92 Å². The zero-order valence-corrected chi connectivity index (χ0v) is 17.6. The monoisotopic (exact) mass is 432 g/mol. The molecule has 0 aromatic heterocycles. The van der Waals surface area contributed by atoms with Gasteiger partial charge in [0.25, 0.3) is 0 Å². The number of likely N-dealkylation sites (tertiary alicyclic amines) is 1. The fraction of sp³-hybridized carbons (Fsp3) is 0.409. The summed E-state index contributed by atoms with van der Waals surface area (Å²) in [6, 6.07) is 12.2. The van der Waals surface area contributed by atoms with Crippen LogP contribution in [0.1, 0.15) is 24.3 Å². The van der Waals surface area contributed by atoms with Gasteiger partial charge in [-0.3, -0.25) is 4.79 Å². The molecule has 2 saturated heterocycles. The van der Waals surface area contributed by atoms with Crippen LogP contribution in [0.3, 0.4) is 0 Å². The summed E-state index contributed by atoms with van der Waals surface area (Å²) in [5.41, 5.74) is 0.779. The van der Waals surface area contributed by atoms with Crippen LogP contribution in [-0.2, 0) is 14.8 Å². The first-order valence-corrected chi connectivity index (χ1v) is 11.5. The number of carbonyl (C=O) groups excluding carboxylic acids is 1. The van der Waals surface area contributed by atoms with Crippen molar-refractivity contribution in [2.75, 3.05) is 33.3 Å². The molecular weight excluding hydrogens is 407 g/mol. The van der Waals surface area contributed by atoms with E-state index in [9.17, 15) is 17.6 Å². The Morgan fingerprint density at radius 3 is 2.23 bits per heavy atom. The quantitative estimate of drug-likeness (QED) is 0.729. The first-order chi connectivity index (χ1) is 14.4. The largest absolute Gasteiger partial charge is 0.497 e. The highest BCUT2D eigenvalue weighted by Crippen LogP contribution is 2.37. The van der Waals surface area contributed by atoms with Crippen molar-refractivity contribution in [1.29, 1.82) is 0 Å². The van der Waals surface area contributed by atoms with E-state index in [-0.39, 0.29) is 35.6 Å². The van der Waals surface area contributed by atoms with Crippen molar-refractivity contribution < 1.29 is 22.3 Å². The second kappa shape index (κ2) is 8.35. The molecule has 0 bridgehead atoms. The highest BCUT2D eigenvalue weighted by Gasteiger charge is 2.45. The number of hydrogen-bond donors (Lipinski definition) is 0. The van der Waals surface area contributed by atoms with Crippen LogP contribution in [0.5, 0.6) is 5.75 Å². The Morgan fingerprint density at radius 2 is 1.63 bits per heavy atom. The lowest BCUT2D eigenvalue weighted by Crippen LogP contribution is -2.37. The number of halogens is 1. The molecule has 2 aromatic rings. The lowest BCUT2D eigenvalue weighted by molar-refractivity contribution is -0.134. The van der Waals surface area contributed by atoms with E-state index in [1.807, 2.05) is 4.90 Å². The van der Waals surface area contributed by atoms with E-state index in [0.717, 1.165) is 18.4 Å². The average Bonchev–Trinajstić information content (AvgIpc) is 3.44. The van der Waals surface area contributed by atoms with Gasteiger partial charge in [-0.05, 0) is 54.8 Å². The van der Waals surface area contributed by atoms with E-state index in [4.69, 9.17) is 4.74 Å². The fourth-order valence-electron chi connectivity index (χ4n) is 4.33. The third-order valence-corrected chi connectivity index (χ3v) is 7.86. The summed E-state index contributed by atoms with van der Waals surface area (Å²) in [5.74, 6) is -0.605. The van der Waals surface area contributed by atoms with Crippen molar-refractivity contribution >= 4 is 15.9 Å². The highest BCUT2D eigenvalue weighted by molar-refractivity contribution is 7.89. The lowest BCUT2D eigenvalue weighted by atomic mass is 9.88. The number of sulfonamides is 1. The molecule has 160 valence electrons. The van der Waals surface area contributed by atoms with Gasteiger partial charge in [0.05, 0.1) is 17.9 Å². The summed E-state index contributed by atoms with van der Waals surface area (Å²) in [6.45, 7) is 1.71. The SMILES string of the molecule is COc1ccc(S(=O)(=O)N2C[C@@H](C(=O)N3CCCC3)[C@H](c3ccc(F)cc3)C2)cc1. The molecule has 0 radical (unpaired) electrons. The van der Waals surface area contributed by atoms with E-state index < -0.39 is 15.9 Å². The third-order valence-electron chi connectivity index (χ3n) is 6.02. The van der Waals surface area contributed by atoms with Gasteiger partial charge in [-0.1, -0.05) is 12.1 Å². The minimum absolute atomic E-state index is 0.0192. The van der Waals surface area contributed by atoms with Crippen LogP contribution >= 0.6 is 0 Å². The van der Waals surface area contributed by atoms with E-state index >= 15 is 0 Å². The summed E-state index contributed by atoms with van der Waals surface area (Å²) < 4.78 is 46.4. The molecule has 2 aliphatic heterocycles. The predicted octanol–water partition coefficient (Wildman–Crippen LogP) is 2.86. The Labute approximate surface area is 176 Å². The van der Waals surface area contributed by atoms with Crippen molar-refractivity contribution in [3.8, 4) is 5.75 Å². The van der Waals surface area contributed by atoms with Crippen molar-refractivity contribution in [2.45, 2.75) is 23.7 Å². The van der Waals surface area contributed by atoms with Crippen LogP contribution in [0.4, 0.5) is 4.39 Å². The van der Waals surface area contributed by atoms with Gasteiger partial charge in [-0.2, -0.15) is 4.31 Å². The van der Waals surface area contributed by atoms with E-state index in [1.165, 1.54) is 35.7 Å². The Hall–Kier alpha value is -2.45. The molecule has 2 fully saturated rings. The molecule has 30 heavy (non-hydrogen) atoms. The number of hydrogen-bond acceptors (Lipinski definition) is 4. The minimum atomic E-state index is -3.77. The number of benzene rings is 2. The van der Waals surface area contributed by atoms with Crippen LogP contribution in [0.2, 0.25) is 0 Å². The molecule has 4 rings (SSSR count). The number of amides is 1. The van der Waals surface area contributed by atoms with Crippen LogP contribution in [-0.4, -0.2) is 56.8 Å². The van der Waals surface area contributed by atoms with Crippen molar-refractivity contribution in [3.63, 3.8) is 0 Å². The maximum absolute atomic E-state index is 13.4. The number of rotatable bonds is 5. The fourth-order valence-corrected chi connectivity index (χ4v) is 5.82. The molecule has 8 heteroatoms. The van der Waals surface area contributed by atoms with Crippen molar-refractivity contribution in [3.05, 3.63) is 59.9 Å². The molecule has 0 N–H and O–H groups in total. The second-order valence-electron chi connectivity index (χ2n) is 7.79. The minimum Gasteiger partial charge on any atom is -0.497 e. The predicted molar refractivity (Wildman–Crippen MR) is 110 cm³/mol. The zero-order valence-electron chi connectivity index (χ0n) is 16.8. The lowest BCUT2D eigenvalue weighted by Gasteiger charge is -2.24. The molecule has 1 amide bonds. The molecule has 0 aliphatic carbocycles. The van der Waals surface area contributed by atoms with Gasteiger partial charge < -0.3 is 9.64 Å². The standard InChI is InChI=1S/C22H25FN2O4S/c1-29-18-8-10-19(11-9-18)30(27,28)25-14-20(16-4-6-17(23)7-5-16)21(15-25)22(26)24-12-2-3-13-24/h4-11,20-21H,2-3,12-15H2,1H3/t20-,21+/m0/s1. The first-order valence-electron chi connectivity index (χ1n) is 10.1. The number of methoxy groups -OCH3 is 1. The normalized spacial score (nSPS) is 22.4. The summed E-state index contributed by atoms with van der Waals surface area (Å²) in [7, 11) is -2.25. The average molecular weight is 433 g/mol. The maximum atomic E-state index is 13.4. The summed E-state index contributed by atoms with van der Waals surface area (Å²) in [5, 5.41) is 0. The van der Waals surface area contributed by atoms with E-state index in [1.54, 1.807) is 24.3 Å². The molecule has 0 saturated carbocycles. The van der Waals surface area contributed by atoms with Gasteiger partial charge in [-0.25, -0.2) is 12.8 Å². The summed E-state index contributed by atoms with van der Waals surface area (Å²) in [4.78, 5) is 15.2. The summed E-state index contributed by atoms with van der Waals surface area (Å²) >= 11 is 0. The van der Waals surface area contributed by atoms with Crippen LogP contribution in [0, 0.1) is 11.7 Å². The number of carbonyl (C=O) groups is 1. The highest BCUT2D eigenvalue weighted by atomic mass is 32.2. The molecule has 0 unspecified atom stereocenters. The van der Waals surface area contributed by atoms with E-state index in [2.05, 4.69) is 0 Å². The molecule has 6 nitrogen and oxygen atoms in total. The van der Waals surface area contributed by atoms with Crippen molar-refractivity contribution in [1.82, 2.24) is 9.21 Å². The Kier molecular flexibility index (Phi) is 5.79. The van der Waals surface area contributed by atoms with Gasteiger partial charge in [-0.15, -0.1) is 0 Å². The Bertz CT molecular complexity index is 1000. The van der Waals surface area contributed by atoms with Gasteiger partial charge in [0.15, 0.2) is 0 Å². The maximum Gasteiger partial charge on any atom is 0.243 e.